The fourth-order valence-corrected chi connectivity index (χ4v) is 0.818. The van der Waals surface area contributed by atoms with E-state index < -0.39 is 0 Å². The quantitative estimate of drug-likeness (QED) is 0.730. The SMILES string of the molecule is CNc1nnc(Cl)cc1OC. The third-order valence-corrected chi connectivity index (χ3v) is 1.37. The van der Waals surface area contributed by atoms with Crippen LogP contribution >= 0.6 is 11.6 Å². The number of nitrogens with zero attached hydrogens (tertiary/aromatic N) is 2. The first-order valence-corrected chi connectivity index (χ1v) is 3.40. The maximum Gasteiger partial charge on any atom is 0.191 e. The molecule has 0 spiro atoms. The number of hydrogen-bond donors (Lipinski definition) is 1. The molecule has 0 aliphatic heterocycles. The molecule has 4 nitrogen and oxygen atoms in total. The van der Waals surface area contributed by atoms with Gasteiger partial charge in [-0.3, -0.25) is 0 Å². The van der Waals surface area contributed by atoms with Gasteiger partial charge in [0.2, 0.25) is 0 Å². The summed E-state index contributed by atoms with van der Waals surface area (Å²) >= 11 is 5.57. The van der Waals surface area contributed by atoms with Crippen molar-refractivity contribution in [2.45, 2.75) is 0 Å². The molecule has 60 valence electrons. The first-order chi connectivity index (χ1) is 5.27. The third-order valence-electron chi connectivity index (χ3n) is 1.19. The maximum absolute atomic E-state index is 5.57. The number of nitrogens with one attached hydrogen (secondary N) is 1. The van der Waals surface area contributed by atoms with E-state index in [9.17, 15) is 0 Å². The van der Waals surface area contributed by atoms with Gasteiger partial charge in [0.1, 0.15) is 0 Å². The van der Waals surface area contributed by atoms with Gasteiger partial charge >= 0.3 is 0 Å². The topological polar surface area (TPSA) is 47.0 Å². The average Bonchev–Trinajstić information content (AvgIpc) is 2.04. The molecule has 5 heteroatoms. The van der Waals surface area contributed by atoms with Gasteiger partial charge in [0, 0.05) is 13.1 Å². The lowest BCUT2D eigenvalue weighted by atomic mass is 10.5. The number of ether oxygens (including phenoxy) is 1. The minimum absolute atomic E-state index is 0.320. The molecule has 0 aliphatic carbocycles. The van der Waals surface area contributed by atoms with Crippen LogP contribution in [0.5, 0.6) is 5.75 Å². The van der Waals surface area contributed by atoms with Crippen LogP contribution in [0.1, 0.15) is 0 Å². The summed E-state index contributed by atoms with van der Waals surface area (Å²) in [5.41, 5.74) is 0. The summed E-state index contributed by atoms with van der Waals surface area (Å²) < 4.78 is 4.97. The smallest absolute Gasteiger partial charge is 0.191 e. The Labute approximate surface area is 69.5 Å². The van der Waals surface area contributed by atoms with Gasteiger partial charge < -0.3 is 10.1 Å². The van der Waals surface area contributed by atoms with Crippen LogP contribution in [0.15, 0.2) is 6.07 Å². The fraction of sp³-hybridized carbons (Fsp3) is 0.333. The predicted octanol–water partition coefficient (Wildman–Crippen LogP) is 1.18. The van der Waals surface area contributed by atoms with Crippen molar-refractivity contribution in [3.63, 3.8) is 0 Å². The molecule has 0 bridgehead atoms. The zero-order chi connectivity index (χ0) is 8.27. The van der Waals surface area contributed by atoms with Crippen molar-refractivity contribution in [2.24, 2.45) is 0 Å². The Bertz CT molecular complexity index is 254. The Hall–Kier alpha value is -1.03. The van der Waals surface area contributed by atoms with Crippen molar-refractivity contribution in [2.75, 3.05) is 19.5 Å². The van der Waals surface area contributed by atoms with Gasteiger partial charge in [0.25, 0.3) is 0 Å². The predicted molar refractivity (Wildman–Crippen MR) is 43.1 cm³/mol. The third kappa shape index (κ3) is 1.71. The Kier molecular flexibility index (Phi) is 2.48. The molecule has 1 heterocycles. The van der Waals surface area contributed by atoms with Crippen molar-refractivity contribution in [3.8, 4) is 5.75 Å². The molecule has 1 rings (SSSR count). The summed E-state index contributed by atoms with van der Waals surface area (Å²) in [7, 11) is 3.29. The normalized spacial score (nSPS) is 9.36. The van der Waals surface area contributed by atoms with E-state index in [-0.39, 0.29) is 0 Å². The van der Waals surface area contributed by atoms with Crippen LogP contribution in [0.4, 0.5) is 5.82 Å². The molecule has 0 saturated carbocycles. The van der Waals surface area contributed by atoms with Gasteiger partial charge in [-0.15, -0.1) is 10.2 Å². The Morgan fingerprint density at radius 2 is 2.27 bits per heavy atom. The van der Waals surface area contributed by atoms with Crippen LogP contribution in [0.3, 0.4) is 0 Å². The highest BCUT2D eigenvalue weighted by Gasteiger charge is 2.03. The minimum atomic E-state index is 0.320. The van der Waals surface area contributed by atoms with E-state index in [1.54, 1.807) is 20.2 Å². The molecule has 1 N–H and O–H groups in total. The minimum Gasteiger partial charge on any atom is -0.493 e. The van der Waals surface area contributed by atoms with Gasteiger partial charge in [0.15, 0.2) is 16.7 Å². The number of halogens is 1. The molecule has 0 radical (unpaired) electrons. The van der Waals surface area contributed by atoms with Crippen LogP contribution in [0, 0.1) is 0 Å². The highest BCUT2D eigenvalue weighted by molar-refractivity contribution is 6.29. The summed E-state index contributed by atoms with van der Waals surface area (Å²) in [4.78, 5) is 0. The number of anilines is 1. The van der Waals surface area contributed by atoms with Crippen molar-refractivity contribution >= 4 is 17.4 Å². The first kappa shape index (κ1) is 8.07. The molecule has 0 aliphatic rings. The van der Waals surface area contributed by atoms with Crippen LogP contribution in [0.2, 0.25) is 5.15 Å². The van der Waals surface area contributed by atoms with Gasteiger partial charge in [0.05, 0.1) is 7.11 Å². The lowest BCUT2D eigenvalue weighted by molar-refractivity contribution is 0.414. The molecule has 1 aromatic rings. The van der Waals surface area contributed by atoms with Crippen LogP contribution in [-0.2, 0) is 0 Å². The first-order valence-electron chi connectivity index (χ1n) is 3.03. The molecule has 0 unspecified atom stereocenters. The average molecular weight is 174 g/mol. The summed E-state index contributed by atoms with van der Waals surface area (Å²) in [6.45, 7) is 0. The molecular formula is C6H8ClN3O. The van der Waals surface area contributed by atoms with E-state index in [2.05, 4.69) is 15.5 Å². The summed E-state index contributed by atoms with van der Waals surface area (Å²) in [5.74, 6) is 1.17. The van der Waals surface area contributed by atoms with E-state index in [0.717, 1.165) is 0 Å². The largest absolute Gasteiger partial charge is 0.493 e. The monoisotopic (exact) mass is 173 g/mol. The van der Waals surface area contributed by atoms with E-state index in [1.807, 2.05) is 0 Å². The van der Waals surface area contributed by atoms with Gasteiger partial charge in [-0.1, -0.05) is 11.6 Å². The van der Waals surface area contributed by atoms with E-state index in [4.69, 9.17) is 16.3 Å². The summed E-state index contributed by atoms with van der Waals surface area (Å²) in [5, 5.41) is 10.5. The number of rotatable bonds is 2. The number of aromatic nitrogens is 2. The van der Waals surface area contributed by atoms with E-state index >= 15 is 0 Å². The lowest BCUT2D eigenvalue weighted by Crippen LogP contribution is -1.98. The van der Waals surface area contributed by atoms with Crippen molar-refractivity contribution < 1.29 is 4.74 Å². The van der Waals surface area contributed by atoms with Crippen molar-refractivity contribution in [1.82, 2.24) is 10.2 Å². The molecule has 1 aromatic heterocycles. The van der Waals surface area contributed by atoms with Crippen molar-refractivity contribution in [3.05, 3.63) is 11.2 Å². The molecule has 0 aromatic carbocycles. The summed E-state index contributed by atoms with van der Waals surface area (Å²) in [6, 6.07) is 1.60. The summed E-state index contributed by atoms with van der Waals surface area (Å²) in [6.07, 6.45) is 0. The molecular weight excluding hydrogens is 166 g/mol. The Morgan fingerprint density at radius 3 is 2.82 bits per heavy atom. The second kappa shape index (κ2) is 3.39. The Balaban J connectivity index is 3.06. The number of methoxy groups -OCH3 is 1. The van der Waals surface area contributed by atoms with E-state index in [1.165, 1.54) is 0 Å². The second-order valence-corrected chi connectivity index (χ2v) is 2.22. The Morgan fingerprint density at radius 1 is 1.55 bits per heavy atom. The van der Waals surface area contributed by atoms with Gasteiger partial charge in [-0.2, -0.15) is 0 Å². The molecule has 0 amide bonds. The zero-order valence-electron chi connectivity index (χ0n) is 6.26. The zero-order valence-corrected chi connectivity index (χ0v) is 7.01. The van der Waals surface area contributed by atoms with Crippen LogP contribution < -0.4 is 10.1 Å². The standard InChI is InChI=1S/C6H8ClN3O/c1-8-6-4(11-2)3-5(7)9-10-6/h3H,1-2H3,(H,8,10). The van der Waals surface area contributed by atoms with Crippen LogP contribution in [0.25, 0.3) is 0 Å². The second-order valence-electron chi connectivity index (χ2n) is 1.83. The molecule has 0 atom stereocenters. The highest BCUT2D eigenvalue weighted by atomic mass is 35.5. The molecule has 0 saturated heterocycles. The fourth-order valence-electron chi connectivity index (χ4n) is 0.681. The van der Waals surface area contributed by atoms with Crippen LogP contribution in [-0.4, -0.2) is 24.4 Å². The van der Waals surface area contributed by atoms with Gasteiger partial charge in [-0.05, 0) is 0 Å². The van der Waals surface area contributed by atoms with Gasteiger partial charge in [-0.25, -0.2) is 0 Å². The number of hydrogen-bond acceptors (Lipinski definition) is 4. The van der Waals surface area contributed by atoms with Crippen molar-refractivity contribution in [1.29, 1.82) is 0 Å². The molecule has 0 fully saturated rings. The maximum atomic E-state index is 5.57. The molecule has 11 heavy (non-hydrogen) atoms. The lowest BCUT2D eigenvalue weighted by Gasteiger charge is -2.04. The highest BCUT2D eigenvalue weighted by Crippen LogP contribution is 2.21. The van der Waals surface area contributed by atoms with E-state index in [0.29, 0.717) is 16.7 Å².